The van der Waals surface area contributed by atoms with Crippen LogP contribution >= 0.6 is 0 Å². The van der Waals surface area contributed by atoms with E-state index in [1.54, 1.807) is 4.72 Å². The fourth-order valence-electron chi connectivity index (χ4n) is 0.238. The first kappa shape index (κ1) is 7.83. The predicted octanol–water partition coefficient (Wildman–Crippen LogP) is -1.88. The maximum Gasteiger partial charge on any atom is 0.276 e. The van der Waals surface area contributed by atoms with Crippen LogP contribution in [0.1, 0.15) is 6.92 Å². The second-order valence-corrected chi connectivity index (χ2v) is 2.66. The van der Waals surface area contributed by atoms with Gasteiger partial charge in [-0.1, -0.05) is 0 Å². The number of rotatable bonds is 2. The third-order valence-electron chi connectivity index (χ3n) is 0.335. The number of hydrogen-bond acceptors (Lipinski definition) is 3. The van der Waals surface area contributed by atoms with E-state index in [-0.39, 0.29) is 0 Å². The zero-order chi connectivity index (χ0) is 6.78. The lowest BCUT2D eigenvalue weighted by molar-refractivity contribution is 0.184. The standard InChI is InChI=1S/C2H8N2O3S/c1-2(5)4-8(3,6)7/h2,4-5H,1H3,(H2,3,6,7)/t2-/m1/s1. The summed E-state index contributed by atoms with van der Waals surface area (Å²) in [6, 6.07) is 0. The van der Waals surface area contributed by atoms with E-state index in [4.69, 9.17) is 5.11 Å². The van der Waals surface area contributed by atoms with Crippen LogP contribution in [0.25, 0.3) is 0 Å². The summed E-state index contributed by atoms with van der Waals surface area (Å²) in [7, 11) is -3.72. The smallest absolute Gasteiger partial charge is 0.276 e. The van der Waals surface area contributed by atoms with Crippen LogP contribution in [0.15, 0.2) is 0 Å². The quantitative estimate of drug-likeness (QED) is 0.392. The summed E-state index contributed by atoms with van der Waals surface area (Å²) >= 11 is 0. The van der Waals surface area contributed by atoms with E-state index in [0.717, 1.165) is 0 Å². The normalized spacial score (nSPS) is 15.9. The first-order valence-corrected chi connectivity index (χ1v) is 3.44. The van der Waals surface area contributed by atoms with Crippen molar-refractivity contribution in [3.05, 3.63) is 0 Å². The number of aliphatic hydroxyl groups excluding tert-OH is 1. The van der Waals surface area contributed by atoms with E-state index in [1.807, 2.05) is 0 Å². The summed E-state index contributed by atoms with van der Waals surface area (Å²) in [6.45, 7) is 1.25. The van der Waals surface area contributed by atoms with Crippen LogP contribution in [-0.4, -0.2) is 19.8 Å². The fraction of sp³-hybridized carbons (Fsp3) is 1.00. The Hall–Kier alpha value is -0.170. The van der Waals surface area contributed by atoms with Crippen molar-refractivity contribution >= 4 is 10.2 Å². The summed E-state index contributed by atoms with van der Waals surface area (Å²) in [5.41, 5.74) is 0. The van der Waals surface area contributed by atoms with Gasteiger partial charge in [0.2, 0.25) is 0 Å². The van der Waals surface area contributed by atoms with Crippen molar-refractivity contribution in [1.82, 2.24) is 4.72 Å². The molecule has 0 bridgehead atoms. The van der Waals surface area contributed by atoms with Gasteiger partial charge >= 0.3 is 0 Å². The van der Waals surface area contributed by atoms with E-state index in [0.29, 0.717) is 0 Å². The fourth-order valence-corrected chi connectivity index (χ4v) is 0.713. The molecule has 0 aliphatic carbocycles. The van der Waals surface area contributed by atoms with Gasteiger partial charge in [-0.3, -0.25) is 0 Å². The molecule has 6 heteroatoms. The van der Waals surface area contributed by atoms with Crippen LogP contribution in [0.2, 0.25) is 0 Å². The summed E-state index contributed by atoms with van der Waals surface area (Å²) in [5, 5.41) is 12.8. The van der Waals surface area contributed by atoms with Gasteiger partial charge in [0.15, 0.2) is 0 Å². The monoisotopic (exact) mass is 140 g/mol. The first-order chi connectivity index (χ1) is 3.42. The molecule has 0 heterocycles. The maximum absolute atomic E-state index is 9.95. The van der Waals surface area contributed by atoms with Crippen LogP contribution in [-0.2, 0) is 10.2 Å². The van der Waals surface area contributed by atoms with Gasteiger partial charge < -0.3 is 5.11 Å². The van der Waals surface area contributed by atoms with Crippen molar-refractivity contribution in [2.24, 2.45) is 5.14 Å². The van der Waals surface area contributed by atoms with Crippen molar-refractivity contribution in [2.75, 3.05) is 0 Å². The van der Waals surface area contributed by atoms with Crippen molar-refractivity contribution in [1.29, 1.82) is 0 Å². The highest BCUT2D eigenvalue weighted by Crippen LogP contribution is 1.72. The molecule has 0 aromatic rings. The lowest BCUT2D eigenvalue weighted by Crippen LogP contribution is -2.37. The van der Waals surface area contributed by atoms with Crippen LogP contribution in [0.4, 0.5) is 0 Å². The topological polar surface area (TPSA) is 92.4 Å². The van der Waals surface area contributed by atoms with Gasteiger partial charge in [0.1, 0.15) is 6.23 Å². The van der Waals surface area contributed by atoms with Crippen molar-refractivity contribution < 1.29 is 13.5 Å². The molecule has 4 N–H and O–H groups in total. The highest BCUT2D eigenvalue weighted by Gasteiger charge is 2.02. The summed E-state index contributed by atoms with van der Waals surface area (Å²) in [4.78, 5) is 0. The summed E-state index contributed by atoms with van der Waals surface area (Å²) < 4.78 is 21.6. The third kappa shape index (κ3) is 5.83. The van der Waals surface area contributed by atoms with Crippen LogP contribution < -0.4 is 9.86 Å². The molecule has 0 radical (unpaired) electrons. The molecule has 0 saturated carbocycles. The molecule has 5 nitrogen and oxygen atoms in total. The minimum Gasteiger partial charge on any atom is -0.378 e. The molecule has 0 spiro atoms. The molecule has 50 valence electrons. The minimum absolute atomic E-state index is 1.12. The molecule has 0 unspecified atom stereocenters. The Labute approximate surface area is 47.7 Å². The van der Waals surface area contributed by atoms with Gasteiger partial charge in [-0.2, -0.15) is 13.1 Å². The van der Waals surface area contributed by atoms with Gasteiger partial charge in [-0.15, -0.1) is 0 Å². The number of hydrogen-bond donors (Lipinski definition) is 3. The number of nitrogens with two attached hydrogens (primary N) is 1. The lowest BCUT2D eigenvalue weighted by atomic mass is 10.7. The highest BCUT2D eigenvalue weighted by atomic mass is 32.2. The third-order valence-corrected chi connectivity index (χ3v) is 1.00. The zero-order valence-electron chi connectivity index (χ0n) is 4.33. The van der Waals surface area contributed by atoms with Gasteiger partial charge in [-0.05, 0) is 6.92 Å². The van der Waals surface area contributed by atoms with Crippen molar-refractivity contribution in [3.63, 3.8) is 0 Å². The average molecular weight is 140 g/mol. The van der Waals surface area contributed by atoms with Crippen LogP contribution in [0.3, 0.4) is 0 Å². The van der Waals surface area contributed by atoms with E-state index < -0.39 is 16.4 Å². The SMILES string of the molecule is C[C@@H](O)NS(N)(=O)=O. The second-order valence-electron chi connectivity index (χ2n) is 1.34. The summed E-state index contributed by atoms with van der Waals surface area (Å²) in [6.07, 6.45) is -1.12. The molecule has 0 saturated heterocycles. The van der Waals surface area contributed by atoms with E-state index >= 15 is 0 Å². The van der Waals surface area contributed by atoms with E-state index in [2.05, 4.69) is 5.14 Å². The largest absolute Gasteiger partial charge is 0.378 e. The van der Waals surface area contributed by atoms with Gasteiger partial charge in [-0.25, -0.2) is 5.14 Å². The molecule has 0 rings (SSSR count). The van der Waals surface area contributed by atoms with Crippen LogP contribution in [0.5, 0.6) is 0 Å². The van der Waals surface area contributed by atoms with Crippen LogP contribution in [0, 0.1) is 0 Å². The first-order valence-electron chi connectivity index (χ1n) is 1.90. The van der Waals surface area contributed by atoms with Gasteiger partial charge in [0.25, 0.3) is 10.2 Å². The Bertz CT molecular complexity index is 149. The van der Waals surface area contributed by atoms with Crippen molar-refractivity contribution in [3.8, 4) is 0 Å². The Balaban J connectivity index is 3.75. The Morgan fingerprint density at radius 1 is 1.75 bits per heavy atom. The lowest BCUT2D eigenvalue weighted by Gasteiger charge is -2.01. The molecule has 0 aromatic carbocycles. The molecule has 0 aromatic heterocycles. The Morgan fingerprint density at radius 2 is 2.12 bits per heavy atom. The van der Waals surface area contributed by atoms with E-state index in [1.165, 1.54) is 6.92 Å². The van der Waals surface area contributed by atoms with Crippen molar-refractivity contribution in [2.45, 2.75) is 13.2 Å². The second kappa shape index (κ2) is 2.40. The molecule has 0 aliphatic rings. The highest BCUT2D eigenvalue weighted by molar-refractivity contribution is 7.87. The molecule has 0 aliphatic heterocycles. The molecular weight excluding hydrogens is 132 g/mol. The van der Waals surface area contributed by atoms with Gasteiger partial charge in [0, 0.05) is 0 Å². The number of aliphatic hydroxyl groups is 1. The Morgan fingerprint density at radius 3 is 2.12 bits per heavy atom. The molecule has 0 amide bonds. The number of nitrogens with one attached hydrogen (secondary N) is 1. The molecule has 1 atom stereocenters. The summed E-state index contributed by atoms with van der Waals surface area (Å²) in [5.74, 6) is 0. The Kier molecular flexibility index (Phi) is 2.35. The van der Waals surface area contributed by atoms with E-state index in [9.17, 15) is 8.42 Å². The minimum atomic E-state index is -3.72. The zero-order valence-corrected chi connectivity index (χ0v) is 5.14. The maximum atomic E-state index is 9.95. The molecule has 8 heavy (non-hydrogen) atoms. The predicted molar refractivity (Wildman–Crippen MR) is 27.9 cm³/mol. The molecule has 0 fully saturated rings. The molecular formula is C2H8N2O3S. The average Bonchev–Trinajstić information content (AvgIpc) is 1.21. The van der Waals surface area contributed by atoms with Gasteiger partial charge in [0.05, 0.1) is 0 Å².